The molecular weight excluding hydrogens is 222 g/mol. The molecule has 1 aliphatic heterocycles. The van der Waals surface area contributed by atoms with Crippen LogP contribution >= 0.6 is 0 Å². The van der Waals surface area contributed by atoms with Crippen molar-refractivity contribution in [3.05, 3.63) is 23.4 Å². The van der Waals surface area contributed by atoms with Crippen molar-refractivity contribution >= 4 is 5.82 Å². The molecule has 3 heteroatoms. The van der Waals surface area contributed by atoms with Gasteiger partial charge in [0.15, 0.2) is 0 Å². The molecule has 1 saturated heterocycles. The Labute approximate surface area is 110 Å². The topological polar surface area (TPSA) is 28.2 Å². The molecule has 0 unspecified atom stereocenters. The van der Waals surface area contributed by atoms with E-state index in [9.17, 15) is 0 Å². The quantitative estimate of drug-likeness (QED) is 0.864. The van der Waals surface area contributed by atoms with E-state index in [0.29, 0.717) is 0 Å². The maximum Gasteiger partial charge on any atom is 0.129 e. The lowest BCUT2D eigenvalue weighted by atomic mass is 10.2. The van der Waals surface area contributed by atoms with Crippen LogP contribution in [0.4, 0.5) is 5.82 Å². The molecule has 0 bridgehead atoms. The first-order chi connectivity index (χ1) is 8.85. The molecule has 1 saturated carbocycles. The van der Waals surface area contributed by atoms with E-state index in [1.165, 1.54) is 55.8 Å². The van der Waals surface area contributed by atoms with Gasteiger partial charge in [0, 0.05) is 31.4 Å². The average Bonchev–Trinajstić information content (AvgIpc) is 3.07. The Morgan fingerprint density at radius 3 is 2.72 bits per heavy atom. The zero-order valence-corrected chi connectivity index (χ0v) is 11.3. The number of pyridine rings is 1. The van der Waals surface area contributed by atoms with Crippen LogP contribution in [0, 0.1) is 0 Å². The van der Waals surface area contributed by atoms with Gasteiger partial charge in [-0.25, -0.2) is 4.98 Å². The van der Waals surface area contributed by atoms with Gasteiger partial charge in [-0.2, -0.15) is 0 Å². The van der Waals surface area contributed by atoms with E-state index in [0.717, 1.165) is 19.0 Å². The standard InChI is InChI=1S/C15H23N3/c1-2-13-9-12(11-16-14-5-6-14)10-15(17-13)18-7-3-4-8-18/h9-10,14,16H,2-8,11H2,1H3. The Morgan fingerprint density at radius 1 is 1.28 bits per heavy atom. The summed E-state index contributed by atoms with van der Waals surface area (Å²) in [5.41, 5.74) is 2.63. The minimum atomic E-state index is 0.776. The minimum Gasteiger partial charge on any atom is -0.357 e. The molecule has 0 spiro atoms. The lowest BCUT2D eigenvalue weighted by Crippen LogP contribution is -2.21. The molecule has 0 amide bonds. The Morgan fingerprint density at radius 2 is 2.06 bits per heavy atom. The summed E-state index contributed by atoms with van der Waals surface area (Å²) in [6, 6.07) is 5.31. The van der Waals surface area contributed by atoms with E-state index >= 15 is 0 Å². The third-order valence-electron chi connectivity index (χ3n) is 3.89. The second-order valence-corrected chi connectivity index (χ2v) is 5.53. The lowest BCUT2D eigenvalue weighted by molar-refractivity contribution is 0.685. The van der Waals surface area contributed by atoms with Crippen molar-refractivity contribution < 1.29 is 0 Å². The number of aromatic nitrogens is 1. The molecule has 1 aromatic rings. The largest absolute Gasteiger partial charge is 0.357 e. The third kappa shape index (κ3) is 2.83. The molecule has 1 N–H and O–H groups in total. The number of hydrogen-bond acceptors (Lipinski definition) is 3. The highest BCUT2D eigenvalue weighted by Gasteiger charge is 2.20. The summed E-state index contributed by atoms with van der Waals surface area (Å²) in [4.78, 5) is 7.21. The molecule has 2 aliphatic rings. The van der Waals surface area contributed by atoms with E-state index < -0.39 is 0 Å². The zero-order chi connectivity index (χ0) is 12.4. The molecule has 3 nitrogen and oxygen atoms in total. The van der Waals surface area contributed by atoms with E-state index in [1.54, 1.807) is 0 Å². The van der Waals surface area contributed by atoms with Gasteiger partial charge in [-0.15, -0.1) is 0 Å². The number of nitrogens with zero attached hydrogens (tertiary/aromatic N) is 2. The van der Waals surface area contributed by atoms with Crippen molar-refractivity contribution in [2.45, 2.75) is 51.6 Å². The zero-order valence-electron chi connectivity index (χ0n) is 11.3. The Bertz CT molecular complexity index is 406. The van der Waals surface area contributed by atoms with Gasteiger partial charge in [-0.1, -0.05) is 6.92 Å². The normalized spacial score (nSPS) is 19.5. The fourth-order valence-corrected chi connectivity index (χ4v) is 2.57. The highest BCUT2D eigenvalue weighted by atomic mass is 15.2. The monoisotopic (exact) mass is 245 g/mol. The van der Waals surface area contributed by atoms with E-state index in [4.69, 9.17) is 4.98 Å². The smallest absolute Gasteiger partial charge is 0.129 e. The number of nitrogens with one attached hydrogen (secondary N) is 1. The molecule has 0 atom stereocenters. The Balaban J connectivity index is 1.76. The second kappa shape index (κ2) is 5.27. The van der Waals surface area contributed by atoms with Crippen LogP contribution in [0.1, 0.15) is 43.9 Å². The molecule has 2 heterocycles. The van der Waals surface area contributed by atoms with Crippen LogP contribution in [-0.4, -0.2) is 24.1 Å². The van der Waals surface area contributed by atoms with E-state index in [2.05, 4.69) is 29.3 Å². The summed E-state index contributed by atoms with van der Waals surface area (Å²) >= 11 is 0. The molecule has 1 aliphatic carbocycles. The summed E-state index contributed by atoms with van der Waals surface area (Å²) in [7, 11) is 0. The van der Waals surface area contributed by atoms with Crippen molar-refractivity contribution in [3.8, 4) is 0 Å². The Kier molecular flexibility index (Phi) is 3.50. The fraction of sp³-hybridized carbons (Fsp3) is 0.667. The van der Waals surface area contributed by atoms with Crippen LogP contribution in [-0.2, 0) is 13.0 Å². The van der Waals surface area contributed by atoms with Gasteiger partial charge in [0.2, 0.25) is 0 Å². The maximum atomic E-state index is 4.77. The highest BCUT2D eigenvalue weighted by molar-refractivity contribution is 5.43. The van der Waals surface area contributed by atoms with Crippen LogP contribution in [0.5, 0.6) is 0 Å². The van der Waals surface area contributed by atoms with Gasteiger partial charge in [0.1, 0.15) is 5.82 Å². The SMILES string of the molecule is CCc1cc(CNC2CC2)cc(N2CCCC2)n1. The first-order valence-corrected chi connectivity index (χ1v) is 7.33. The molecule has 3 rings (SSSR count). The fourth-order valence-electron chi connectivity index (χ4n) is 2.57. The van der Waals surface area contributed by atoms with Crippen molar-refractivity contribution in [2.75, 3.05) is 18.0 Å². The molecule has 0 aromatic carbocycles. The van der Waals surface area contributed by atoms with Crippen molar-refractivity contribution in [1.82, 2.24) is 10.3 Å². The van der Waals surface area contributed by atoms with Crippen molar-refractivity contribution in [2.24, 2.45) is 0 Å². The van der Waals surface area contributed by atoms with Crippen LogP contribution in [0.2, 0.25) is 0 Å². The summed E-state index contributed by atoms with van der Waals surface area (Å²) < 4.78 is 0. The Hall–Kier alpha value is -1.09. The van der Waals surface area contributed by atoms with Gasteiger partial charge in [-0.3, -0.25) is 0 Å². The highest BCUT2D eigenvalue weighted by Crippen LogP contribution is 2.22. The summed E-state index contributed by atoms with van der Waals surface area (Å²) in [5.74, 6) is 1.19. The summed E-state index contributed by atoms with van der Waals surface area (Å²) in [6.07, 6.45) is 6.36. The molecule has 1 aromatic heterocycles. The van der Waals surface area contributed by atoms with E-state index in [-0.39, 0.29) is 0 Å². The molecule has 98 valence electrons. The van der Waals surface area contributed by atoms with Crippen LogP contribution in [0.25, 0.3) is 0 Å². The van der Waals surface area contributed by atoms with Gasteiger partial charge in [0.05, 0.1) is 0 Å². The molecule has 0 radical (unpaired) electrons. The number of rotatable bonds is 5. The first kappa shape index (κ1) is 12.0. The van der Waals surface area contributed by atoms with E-state index in [1.807, 2.05) is 0 Å². The molecule has 2 fully saturated rings. The third-order valence-corrected chi connectivity index (χ3v) is 3.89. The predicted octanol–water partition coefficient (Wildman–Crippen LogP) is 2.50. The summed E-state index contributed by atoms with van der Waals surface area (Å²) in [5, 5.41) is 3.60. The lowest BCUT2D eigenvalue weighted by Gasteiger charge is -2.18. The van der Waals surface area contributed by atoms with Gasteiger partial charge < -0.3 is 10.2 Å². The van der Waals surface area contributed by atoms with Gasteiger partial charge >= 0.3 is 0 Å². The van der Waals surface area contributed by atoms with Crippen molar-refractivity contribution in [3.63, 3.8) is 0 Å². The second-order valence-electron chi connectivity index (χ2n) is 5.53. The molecule has 18 heavy (non-hydrogen) atoms. The van der Waals surface area contributed by atoms with Crippen LogP contribution in [0.15, 0.2) is 12.1 Å². The van der Waals surface area contributed by atoms with Crippen LogP contribution < -0.4 is 10.2 Å². The predicted molar refractivity (Wildman–Crippen MR) is 74.9 cm³/mol. The number of aryl methyl sites for hydroxylation is 1. The van der Waals surface area contributed by atoms with Gasteiger partial charge in [0.25, 0.3) is 0 Å². The number of hydrogen-bond donors (Lipinski definition) is 1. The number of anilines is 1. The van der Waals surface area contributed by atoms with Crippen LogP contribution in [0.3, 0.4) is 0 Å². The average molecular weight is 245 g/mol. The first-order valence-electron chi connectivity index (χ1n) is 7.33. The minimum absolute atomic E-state index is 0.776. The summed E-state index contributed by atoms with van der Waals surface area (Å²) in [6.45, 7) is 5.54. The van der Waals surface area contributed by atoms with Crippen molar-refractivity contribution in [1.29, 1.82) is 0 Å². The maximum absolute atomic E-state index is 4.77. The molecular formula is C15H23N3. The van der Waals surface area contributed by atoms with Gasteiger partial charge in [-0.05, 0) is 49.8 Å².